The van der Waals surface area contributed by atoms with Crippen molar-refractivity contribution in [3.05, 3.63) is 125 Å². The number of aromatic nitrogens is 1. The van der Waals surface area contributed by atoms with Gasteiger partial charge in [-0.1, -0.05) is 42.5 Å². The zero-order valence-electron chi connectivity index (χ0n) is 26.8. The van der Waals surface area contributed by atoms with E-state index >= 15 is 0 Å². The van der Waals surface area contributed by atoms with E-state index in [2.05, 4.69) is 20.9 Å². The number of hydrogen-bond donors (Lipinski definition) is 3. The summed E-state index contributed by atoms with van der Waals surface area (Å²) in [4.78, 5) is 44.8. The number of benzene rings is 4. The molecule has 0 radical (unpaired) electrons. The number of aryl methyl sites for hydroxylation is 1. The summed E-state index contributed by atoms with van der Waals surface area (Å²) in [7, 11) is 3.16. The summed E-state index contributed by atoms with van der Waals surface area (Å²) in [5.41, 5.74) is 4.42. The van der Waals surface area contributed by atoms with Crippen molar-refractivity contribution in [1.29, 1.82) is 0 Å². The number of rotatable bonds is 12. The number of thiazole rings is 1. The molecule has 48 heavy (non-hydrogen) atoms. The average molecular weight is 679 g/mol. The molecule has 0 aliphatic carbocycles. The van der Waals surface area contributed by atoms with Crippen molar-refractivity contribution >= 4 is 57.7 Å². The van der Waals surface area contributed by atoms with Crippen LogP contribution in [0.25, 0.3) is 17.3 Å². The fourth-order valence-corrected chi connectivity index (χ4v) is 6.18. The standard InChI is InChI=1S/C37H34N4O5S2/c1-23-10-8-9-13-26(23)20-30(39-35(43)25-11-6-5-7-12-25)36(44)38-28-15-17-29(18-16-28)48-24(2)34(42)41-37-40-31(22-47-37)27-14-19-32(45-3)33(21-27)46-4/h5-22,24H,1-4H3,(H,38,44)(H,39,43)(H,40,41,42)/b30-20-. The lowest BCUT2D eigenvalue weighted by atomic mass is 10.1. The molecule has 3 amide bonds. The number of thioether (sulfide) groups is 1. The first-order valence-electron chi connectivity index (χ1n) is 14.9. The zero-order chi connectivity index (χ0) is 34.0. The molecule has 244 valence electrons. The highest BCUT2D eigenvalue weighted by Gasteiger charge is 2.18. The quantitative estimate of drug-likeness (QED) is 0.0916. The highest BCUT2D eigenvalue weighted by atomic mass is 32.2. The highest BCUT2D eigenvalue weighted by Crippen LogP contribution is 2.34. The maximum Gasteiger partial charge on any atom is 0.272 e. The molecule has 1 unspecified atom stereocenters. The maximum atomic E-state index is 13.4. The zero-order valence-corrected chi connectivity index (χ0v) is 28.4. The lowest BCUT2D eigenvalue weighted by Crippen LogP contribution is -2.30. The van der Waals surface area contributed by atoms with Gasteiger partial charge in [-0.05, 0) is 85.6 Å². The van der Waals surface area contributed by atoms with Gasteiger partial charge >= 0.3 is 0 Å². The normalized spacial score (nSPS) is 11.7. The van der Waals surface area contributed by atoms with Crippen molar-refractivity contribution in [3.63, 3.8) is 0 Å². The minimum atomic E-state index is -0.466. The molecule has 5 aromatic rings. The number of anilines is 2. The molecule has 11 heteroatoms. The van der Waals surface area contributed by atoms with Gasteiger partial charge in [0.1, 0.15) is 5.70 Å². The lowest BCUT2D eigenvalue weighted by molar-refractivity contribution is -0.115. The van der Waals surface area contributed by atoms with E-state index in [-0.39, 0.29) is 17.5 Å². The van der Waals surface area contributed by atoms with Crippen molar-refractivity contribution in [3.8, 4) is 22.8 Å². The van der Waals surface area contributed by atoms with Crippen LogP contribution in [0.1, 0.15) is 28.4 Å². The van der Waals surface area contributed by atoms with E-state index in [0.717, 1.165) is 21.6 Å². The summed E-state index contributed by atoms with van der Waals surface area (Å²) in [5.74, 6) is 0.174. The SMILES string of the molecule is COc1ccc(-c2csc(NC(=O)C(C)Sc3ccc(NC(=O)/C(=C/c4ccccc4C)NC(=O)c4ccccc4)cc3)n2)cc1OC. The molecule has 1 heterocycles. The van der Waals surface area contributed by atoms with Crippen LogP contribution in [-0.2, 0) is 9.59 Å². The van der Waals surface area contributed by atoms with Crippen LogP contribution < -0.4 is 25.4 Å². The molecular weight excluding hydrogens is 645 g/mol. The van der Waals surface area contributed by atoms with E-state index in [1.54, 1.807) is 56.7 Å². The van der Waals surface area contributed by atoms with Crippen LogP contribution in [0.3, 0.4) is 0 Å². The Bertz CT molecular complexity index is 1940. The second-order valence-corrected chi connectivity index (χ2v) is 12.8. The summed E-state index contributed by atoms with van der Waals surface area (Å²) in [6, 6.07) is 29.0. The Kier molecular flexibility index (Phi) is 11.3. The Morgan fingerprint density at radius 1 is 0.854 bits per heavy atom. The molecule has 4 aromatic carbocycles. The third-order valence-electron chi connectivity index (χ3n) is 7.22. The summed E-state index contributed by atoms with van der Waals surface area (Å²) < 4.78 is 10.7. The molecule has 0 aliphatic rings. The molecule has 1 aromatic heterocycles. The summed E-state index contributed by atoms with van der Waals surface area (Å²) in [5, 5.41) is 10.5. The van der Waals surface area contributed by atoms with Crippen molar-refractivity contribution in [2.75, 3.05) is 24.9 Å². The van der Waals surface area contributed by atoms with Crippen LogP contribution in [0.4, 0.5) is 10.8 Å². The molecule has 0 aliphatic heterocycles. The smallest absolute Gasteiger partial charge is 0.272 e. The Labute approximate surface area is 287 Å². The van der Waals surface area contributed by atoms with E-state index in [4.69, 9.17) is 9.47 Å². The van der Waals surface area contributed by atoms with Gasteiger partial charge in [0.05, 0.1) is 25.2 Å². The first kappa shape index (κ1) is 34.0. The van der Waals surface area contributed by atoms with Crippen LogP contribution in [0.5, 0.6) is 11.5 Å². The Hall–Kier alpha value is -5.39. The molecule has 9 nitrogen and oxygen atoms in total. The fraction of sp³-hybridized carbons (Fsp3) is 0.135. The first-order chi connectivity index (χ1) is 23.2. The van der Waals surface area contributed by atoms with Crippen LogP contribution in [0.15, 0.2) is 113 Å². The third-order valence-corrected chi connectivity index (χ3v) is 9.09. The minimum Gasteiger partial charge on any atom is -0.493 e. The first-order valence-corrected chi connectivity index (χ1v) is 16.7. The Morgan fingerprint density at radius 2 is 1.56 bits per heavy atom. The fourth-order valence-electron chi connectivity index (χ4n) is 4.59. The van der Waals surface area contributed by atoms with Gasteiger partial charge in [0.2, 0.25) is 5.91 Å². The molecule has 5 rings (SSSR count). The monoisotopic (exact) mass is 678 g/mol. The van der Waals surface area contributed by atoms with Gasteiger partial charge in [-0.3, -0.25) is 14.4 Å². The van der Waals surface area contributed by atoms with Gasteiger partial charge in [-0.2, -0.15) is 0 Å². The number of ether oxygens (including phenoxy) is 2. The van der Waals surface area contributed by atoms with Gasteiger partial charge < -0.3 is 25.4 Å². The number of carbonyl (C=O) groups excluding carboxylic acids is 3. The lowest BCUT2D eigenvalue weighted by Gasteiger charge is -2.13. The van der Waals surface area contributed by atoms with E-state index in [0.29, 0.717) is 33.6 Å². The third kappa shape index (κ3) is 8.69. The molecule has 0 saturated heterocycles. The van der Waals surface area contributed by atoms with E-state index < -0.39 is 11.2 Å². The second-order valence-electron chi connectivity index (χ2n) is 10.6. The minimum absolute atomic E-state index is 0.110. The molecule has 0 spiro atoms. The van der Waals surface area contributed by atoms with Crippen molar-refractivity contribution in [2.45, 2.75) is 24.0 Å². The summed E-state index contributed by atoms with van der Waals surface area (Å²) >= 11 is 2.72. The van der Waals surface area contributed by atoms with Gasteiger partial charge in [0, 0.05) is 27.1 Å². The number of methoxy groups -OCH3 is 2. The molecule has 0 bridgehead atoms. The largest absolute Gasteiger partial charge is 0.493 e. The van der Waals surface area contributed by atoms with Gasteiger partial charge in [-0.25, -0.2) is 4.98 Å². The van der Waals surface area contributed by atoms with Crippen LogP contribution in [0, 0.1) is 6.92 Å². The van der Waals surface area contributed by atoms with Crippen molar-refractivity contribution in [2.24, 2.45) is 0 Å². The average Bonchev–Trinajstić information content (AvgIpc) is 3.58. The number of amides is 3. The highest BCUT2D eigenvalue weighted by molar-refractivity contribution is 8.00. The van der Waals surface area contributed by atoms with Gasteiger partial charge in [-0.15, -0.1) is 23.1 Å². The Morgan fingerprint density at radius 3 is 2.27 bits per heavy atom. The van der Waals surface area contributed by atoms with Crippen molar-refractivity contribution in [1.82, 2.24) is 10.3 Å². The van der Waals surface area contributed by atoms with Crippen LogP contribution in [0.2, 0.25) is 0 Å². The molecule has 0 saturated carbocycles. The molecular formula is C37H34N4O5S2. The number of nitrogens with zero attached hydrogens (tertiary/aromatic N) is 1. The molecule has 0 fully saturated rings. The van der Waals surface area contributed by atoms with E-state index in [1.165, 1.54) is 23.1 Å². The number of nitrogens with one attached hydrogen (secondary N) is 3. The van der Waals surface area contributed by atoms with Crippen LogP contribution in [-0.4, -0.2) is 42.2 Å². The molecule has 3 N–H and O–H groups in total. The summed E-state index contributed by atoms with van der Waals surface area (Å²) in [6.45, 7) is 3.75. The number of hydrogen-bond acceptors (Lipinski definition) is 8. The van der Waals surface area contributed by atoms with E-state index in [9.17, 15) is 14.4 Å². The predicted octanol–water partition coefficient (Wildman–Crippen LogP) is 7.66. The van der Waals surface area contributed by atoms with Crippen LogP contribution >= 0.6 is 23.1 Å². The Balaban J connectivity index is 1.21. The topological polar surface area (TPSA) is 119 Å². The van der Waals surface area contributed by atoms with E-state index in [1.807, 2.05) is 79.9 Å². The number of carbonyl (C=O) groups is 3. The van der Waals surface area contributed by atoms with Gasteiger partial charge in [0.25, 0.3) is 11.8 Å². The maximum absolute atomic E-state index is 13.4. The second kappa shape index (κ2) is 15.9. The summed E-state index contributed by atoms with van der Waals surface area (Å²) in [6.07, 6.45) is 1.66. The predicted molar refractivity (Wildman–Crippen MR) is 193 cm³/mol. The molecule has 1 atom stereocenters. The van der Waals surface area contributed by atoms with Gasteiger partial charge in [0.15, 0.2) is 16.6 Å². The van der Waals surface area contributed by atoms with Crippen molar-refractivity contribution < 1.29 is 23.9 Å².